The number of ether oxygens (including phenoxy) is 1. The van der Waals surface area contributed by atoms with Crippen molar-refractivity contribution in [3.8, 4) is 11.4 Å². The van der Waals surface area contributed by atoms with Crippen molar-refractivity contribution in [3.05, 3.63) is 131 Å². The standard InChI is InChI=1S/C50H53N5O6/c1-31(34-13-7-5-8-14-34)47(58)54-23-11-17-42(54)44(56)27-32-19-21-38-36(25-32)29-40(51-38)41-30-37-26-33(20-22-39(37)52-41)28-45(57)43-18-12-24-55(43)48(59)46(35-15-9-6-10-16-35)53-49(60)61-50(2,3)4/h5-10,13-16,19-22,25-26,29-31,42-43,46,51-52H,11-12,17-18,23-24,27-28H2,1-4H3,(H,53,60)/t31-,42+,43+,46-/m1/s1. The molecule has 3 N–H and O–H groups in total. The number of amides is 3. The second kappa shape index (κ2) is 17.2. The predicted molar refractivity (Wildman–Crippen MR) is 236 cm³/mol. The first-order valence-corrected chi connectivity index (χ1v) is 21.3. The third-order valence-electron chi connectivity index (χ3n) is 11.9. The first-order chi connectivity index (χ1) is 29.3. The van der Waals surface area contributed by atoms with Gasteiger partial charge in [0.15, 0.2) is 11.6 Å². The van der Waals surface area contributed by atoms with Crippen LogP contribution in [0.1, 0.15) is 87.6 Å². The highest BCUT2D eigenvalue weighted by Gasteiger charge is 2.39. The minimum absolute atomic E-state index is 0.000504. The largest absolute Gasteiger partial charge is 0.444 e. The van der Waals surface area contributed by atoms with E-state index in [-0.39, 0.29) is 42.1 Å². The van der Waals surface area contributed by atoms with Crippen molar-refractivity contribution >= 4 is 51.3 Å². The number of alkyl carbamates (subject to hydrolysis) is 1. The number of fused-ring (bicyclic) bond motifs is 2. The molecule has 2 aromatic heterocycles. The van der Waals surface area contributed by atoms with E-state index in [1.807, 2.05) is 91.9 Å². The molecule has 4 heterocycles. The van der Waals surface area contributed by atoms with Crippen LogP contribution in [0.4, 0.5) is 4.79 Å². The summed E-state index contributed by atoms with van der Waals surface area (Å²) in [7, 11) is 0. The predicted octanol–water partition coefficient (Wildman–Crippen LogP) is 8.59. The molecule has 2 saturated heterocycles. The van der Waals surface area contributed by atoms with Crippen LogP contribution in [-0.4, -0.2) is 80.0 Å². The van der Waals surface area contributed by atoms with Gasteiger partial charge >= 0.3 is 6.09 Å². The Morgan fingerprint density at radius 1 is 0.656 bits per heavy atom. The van der Waals surface area contributed by atoms with Crippen LogP contribution < -0.4 is 5.32 Å². The average Bonchev–Trinajstić information content (AvgIpc) is 4.08. The number of H-pyrrole nitrogens is 2. The molecular formula is C50H53N5O6. The lowest BCUT2D eigenvalue weighted by molar-refractivity contribution is -0.139. The van der Waals surface area contributed by atoms with E-state index in [9.17, 15) is 24.0 Å². The Morgan fingerprint density at radius 2 is 1.13 bits per heavy atom. The Labute approximate surface area is 355 Å². The number of nitrogens with one attached hydrogen (secondary N) is 3. The number of hydrogen-bond acceptors (Lipinski definition) is 6. The summed E-state index contributed by atoms with van der Waals surface area (Å²) in [5.41, 5.74) is 6.22. The number of ketones is 2. The van der Waals surface area contributed by atoms with Gasteiger partial charge in [0.1, 0.15) is 11.6 Å². The van der Waals surface area contributed by atoms with Crippen molar-refractivity contribution in [1.29, 1.82) is 0 Å². The van der Waals surface area contributed by atoms with Crippen LogP contribution in [0.3, 0.4) is 0 Å². The number of nitrogens with zero attached hydrogens (tertiary/aromatic N) is 2. The molecule has 4 aromatic carbocycles. The molecule has 2 fully saturated rings. The summed E-state index contributed by atoms with van der Waals surface area (Å²) in [6, 6.07) is 32.8. The Balaban J connectivity index is 0.930. The lowest BCUT2D eigenvalue weighted by atomic mass is 9.97. The van der Waals surface area contributed by atoms with Gasteiger partial charge in [0.25, 0.3) is 5.91 Å². The molecule has 4 atom stereocenters. The molecular weight excluding hydrogens is 767 g/mol. The van der Waals surface area contributed by atoms with E-state index < -0.39 is 29.8 Å². The number of benzene rings is 4. The summed E-state index contributed by atoms with van der Waals surface area (Å²) in [6.07, 6.45) is 2.45. The average molecular weight is 820 g/mol. The molecule has 0 saturated carbocycles. The monoisotopic (exact) mass is 819 g/mol. The van der Waals surface area contributed by atoms with Crippen molar-refractivity contribution in [2.24, 2.45) is 0 Å². The fourth-order valence-electron chi connectivity index (χ4n) is 8.90. The normalized spacial score (nSPS) is 17.7. The van der Waals surface area contributed by atoms with Crippen molar-refractivity contribution in [3.63, 3.8) is 0 Å². The molecule has 0 radical (unpaired) electrons. The fraction of sp³-hybridized carbons (Fsp3) is 0.340. The van der Waals surface area contributed by atoms with Gasteiger partial charge in [-0.25, -0.2) is 4.79 Å². The number of rotatable bonds is 12. The quantitative estimate of drug-likeness (QED) is 0.113. The molecule has 3 amide bonds. The number of hydrogen-bond donors (Lipinski definition) is 3. The third kappa shape index (κ3) is 9.16. The number of carbonyl (C=O) groups excluding carboxylic acids is 5. The van der Waals surface area contributed by atoms with Crippen molar-refractivity contribution in [2.45, 2.75) is 95.9 Å². The number of likely N-dealkylation sites (tertiary alicyclic amines) is 2. The minimum Gasteiger partial charge on any atom is -0.444 e. The summed E-state index contributed by atoms with van der Waals surface area (Å²) in [6.45, 7) is 8.23. The lowest BCUT2D eigenvalue weighted by Crippen LogP contribution is -2.48. The van der Waals surface area contributed by atoms with Gasteiger partial charge in [-0.2, -0.15) is 0 Å². The molecule has 8 rings (SSSR count). The van der Waals surface area contributed by atoms with Crippen LogP contribution in [0.15, 0.2) is 109 Å². The van der Waals surface area contributed by atoms with Crippen LogP contribution in [-0.2, 0) is 36.8 Å². The van der Waals surface area contributed by atoms with Gasteiger partial charge in [0, 0.05) is 47.7 Å². The third-order valence-corrected chi connectivity index (χ3v) is 11.9. The van der Waals surface area contributed by atoms with Crippen LogP contribution in [0.5, 0.6) is 0 Å². The van der Waals surface area contributed by atoms with Gasteiger partial charge < -0.3 is 29.8 Å². The highest BCUT2D eigenvalue weighted by atomic mass is 16.6. The Hall–Kier alpha value is -6.49. The second-order valence-electron chi connectivity index (χ2n) is 17.5. The van der Waals surface area contributed by atoms with Crippen LogP contribution in [0.2, 0.25) is 0 Å². The Kier molecular flexibility index (Phi) is 11.7. The molecule has 0 aliphatic carbocycles. The molecule has 314 valence electrons. The zero-order chi connectivity index (χ0) is 42.8. The van der Waals surface area contributed by atoms with Crippen molar-refractivity contribution in [2.75, 3.05) is 13.1 Å². The van der Waals surface area contributed by atoms with Crippen LogP contribution in [0.25, 0.3) is 33.2 Å². The number of aromatic amines is 2. The second-order valence-corrected chi connectivity index (χ2v) is 17.5. The molecule has 6 aromatic rings. The van der Waals surface area contributed by atoms with Gasteiger partial charge in [-0.1, -0.05) is 72.8 Å². The minimum atomic E-state index is -0.994. The summed E-state index contributed by atoms with van der Waals surface area (Å²) in [4.78, 5) is 78.4. The Morgan fingerprint density at radius 3 is 1.62 bits per heavy atom. The summed E-state index contributed by atoms with van der Waals surface area (Å²) in [5, 5.41) is 4.69. The number of carbonyl (C=O) groups is 5. The van der Waals surface area contributed by atoms with Gasteiger partial charge in [0.05, 0.1) is 29.4 Å². The van der Waals surface area contributed by atoms with Crippen LogP contribution in [0, 0.1) is 0 Å². The molecule has 11 nitrogen and oxygen atoms in total. The van der Waals surface area contributed by atoms with E-state index >= 15 is 0 Å². The fourth-order valence-corrected chi connectivity index (χ4v) is 8.90. The van der Waals surface area contributed by atoms with E-state index in [0.717, 1.165) is 56.3 Å². The summed E-state index contributed by atoms with van der Waals surface area (Å²) in [5.74, 6) is -0.634. The summed E-state index contributed by atoms with van der Waals surface area (Å²) < 4.78 is 5.48. The maximum Gasteiger partial charge on any atom is 0.408 e. The zero-order valence-electron chi connectivity index (χ0n) is 35.2. The summed E-state index contributed by atoms with van der Waals surface area (Å²) >= 11 is 0. The van der Waals surface area contributed by atoms with E-state index in [4.69, 9.17) is 4.74 Å². The Bertz CT molecular complexity index is 2590. The molecule has 0 bridgehead atoms. The number of aromatic nitrogens is 2. The molecule has 0 unspecified atom stereocenters. The maximum absolute atomic E-state index is 14.1. The topological polar surface area (TPSA) is 145 Å². The highest BCUT2D eigenvalue weighted by molar-refractivity contribution is 5.96. The maximum atomic E-state index is 14.1. The SMILES string of the molecule is C[C@@H](C(=O)N1CCC[C@H]1C(=O)Cc1ccc2[nH]c(-c3cc4cc(CC(=O)[C@@H]5CCCN5C(=O)[C@H](NC(=O)OC(C)(C)C)c5ccccc5)ccc4[nH]3)cc2c1)c1ccccc1. The van der Waals surface area contributed by atoms with Crippen LogP contribution >= 0.6 is 0 Å². The molecule has 2 aliphatic heterocycles. The zero-order valence-corrected chi connectivity index (χ0v) is 35.2. The first kappa shape index (κ1) is 41.3. The van der Waals surface area contributed by atoms with E-state index in [1.165, 1.54) is 0 Å². The van der Waals surface area contributed by atoms with Gasteiger partial charge in [-0.05, 0) is 112 Å². The molecule has 0 spiro atoms. The van der Waals surface area contributed by atoms with E-state index in [2.05, 4.69) is 27.4 Å². The molecule has 61 heavy (non-hydrogen) atoms. The van der Waals surface area contributed by atoms with Crippen molar-refractivity contribution < 1.29 is 28.7 Å². The van der Waals surface area contributed by atoms with Gasteiger partial charge in [0.2, 0.25) is 5.91 Å². The van der Waals surface area contributed by atoms with Gasteiger partial charge in [-0.15, -0.1) is 0 Å². The van der Waals surface area contributed by atoms with Gasteiger partial charge in [-0.3, -0.25) is 19.2 Å². The van der Waals surface area contributed by atoms with Crippen molar-refractivity contribution in [1.82, 2.24) is 25.1 Å². The van der Waals surface area contributed by atoms with E-state index in [0.29, 0.717) is 37.9 Å². The highest BCUT2D eigenvalue weighted by Crippen LogP contribution is 2.31. The molecule has 2 aliphatic rings. The first-order valence-electron chi connectivity index (χ1n) is 21.3. The smallest absolute Gasteiger partial charge is 0.408 e. The number of Topliss-reactive ketones (excluding diaryl/α,β-unsaturated/α-hetero) is 2. The lowest BCUT2D eigenvalue weighted by Gasteiger charge is -2.29. The van der Waals surface area contributed by atoms with E-state index in [1.54, 1.807) is 42.7 Å². The molecule has 11 heteroatoms.